The molecule has 0 aliphatic rings. The molecule has 1 aromatic heterocycles. The van der Waals surface area contributed by atoms with Gasteiger partial charge >= 0.3 is 0 Å². The minimum Gasteiger partial charge on any atom is -0.323 e. The summed E-state index contributed by atoms with van der Waals surface area (Å²) in [6.07, 6.45) is 3.50. The molecular weight excluding hydrogens is 222 g/mol. The quantitative estimate of drug-likeness (QED) is 0.870. The normalized spacial score (nSPS) is 12.8. The second-order valence-electron chi connectivity index (χ2n) is 3.93. The van der Waals surface area contributed by atoms with Crippen LogP contribution in [0.5, 0.6) is 0 Å². The van der Waals surface area contributed by atoms with Crippen molar-refractivity contribution in [2.24, 2.45) is 5.73 Å². The molecule has 0 saturated heterocycles. The summed E-state index contributed by atoms with van der Waals surface area (Å²) in [6.45, 7) is 3.96. The van der Waals surface area contributed by atoms with Gasteiger partial charge in [0.1, 0.15) is 0 Å². The summed E-state index contributed by atoms with van der Waals surface area (Å²) >= 11 is 6.17. The zero-order chi connectivity index (χ0) is 11.7. The highest BCUT2D eigenvalue weighted by Crippen LogP contribution is 2.24. The summed E-state index contributed by atoms with van der Waals surface area (Å²) in [5.41, 5.74) is 8.91. The highest BCUT2D eigenvalue weighted by atomic mass is 35.5. The van der Waals surface area contributed by atoms with Crippen LogP contribution in [0.1, 0.15) is 24.2 Å². The lowest BCUT2D eigenvalue weighted by molar-refractivity contribution is 0.752. The van der Waals surface area contributed by atoms with E-state index in [0.717, 1.165) is 16.9 Å². The lowest BCUT2D eigenvalue weighted by Gasteiger charge is -2.12. The van der Waals surface area contributed by atoms with Crippen molar-refractivity contribution in [2.75, 3.05) is 0 Å². The third-order valence-corrected chi connectivity index (χ3v) is 2.81. The lowest BCUT2D eigenvalue weighted by atomic mass is 10.2. The van der Waals surface area contributed by atoms with Crippen LogP contribution in [0.4, 0.5) is 0 Å². The molecule has 1 aromatic carbocycles. The highest BCUT2D eigenvalue weighted by molar-refractivity contribution is 6.32. The number of aromatic nitrogens is 2. The average Bonchev–Trinajstić information content (AvgIpc) is 2.70. The van der Waals surface area contributed by atoms with E-state index in [-0.39, 0.29) is 6.04 Å². The molecule has 0 unspecified atom stereocenters. The third kappa shape index (κ3) is 1.96. The predicted octanol–water partition coefficient (Wildman–Crippen LogP) is 2.85. The van der Waals surface area contributed by atoms with Gasteiger partial charge in [-0.15, -0.1) is 0 Å². The SMILES string of the molecule is Cc1ccc(Cl)c(-n2cncc2[C@H](C)N)c1. The van der Waals surface area contributed by atoms with Gasteiger partial charge in [-0.2, -0.15) is 0 Å². The number of hydrogen-bond donors (Lipinski definition) is 1. The first-order chi connectivity index (χ1) is 7.59. The Hall–Kier alpha value is -1.32. The van der Waals surface area contributed by atoms with Gasteiger partial charge in [-0.3, -0.25) is 0 Å². The molecule has 84 valence electrons. The molecule has 1 atom stereocenters. The van der Waals surface area contributed by atoms with Gasteiger partial charge in [0.25, 0.3) is 0 Å². The van der Waals surface area contributed by atoms with Gasteiger partial charge in [-0.25, -0.2) is 4.98 Å². The molecule has 1 heterocycles. The van der Waals surface area contributed by atoms with Gasteiger partial charge < -0.3 is 10.3 Å². The summed E-state index contributed by atoms with van der Waals surface area (Å²) < 4.78 is 1.93. The van der Waals surface area contributed by atoms with Gasteiger partial charge in [-0.05, 0) is 31.5 Å². The summed E-state index contributed by atoms with van der Waals surface area (Å²) in [4.78, 5) is 4.11. The van der Waals surface area contributed by atoms with Gasteiger partial charge in [0.2, 0.25) is 0 Å². The molecular formula is C12H14ClN3. The van der Waals surface area contributed by atoms with Gasteiger partial charge in [-0.1, -0.05) is 17.7 Å². The Morgan fingerprint density at radius 2 is 2.19 bits per heavy atom. The van der Waals surface area contributed by atoms with Crippen molar-refractivity contribution < 1.29 is 0 Å². The minimum absolute atomic E-state index is 0.0703. The maximum absolute atomic E-state index is 6.17. The van der Waals surface area contributed by atoms with E-state index >= 15 is 0 Å². The van der Waals surface area contributed by atoms with Crippen LogP contribution >= 0.6 is 11.6 Å². The second-order valence-corrected chi connectivity index (χ2v) is 4.34. The van der Waals surface area contributed by atoms with E-state index in [1.54, 1.807) is 12.5 Å². The number of halogens is 1. The first kappa shape index (κ1) is 11.2. The van der Waals surface area contributed by atoms with E-state index in [9.17, 15) is 0 Å². The van der Waals surface area contributed by atoms with Crippen molar-refractivity contribution in [3.05, 3.63) is 47.0 Å². The largest absolute Gasteiger partial charge is 0.323 e. The van der Waals surface area contributed by atoms with Gasteiger partial charge in [0, 0.05) is 6.04 Å². The van der Waals surface area contributed by atoms with E-state index in [2.05, 4.69) is 4.98 Å². The molecule has 16 heavy (non-hydrogen) atoms. The van der Waals surface area contributed by atoms with Crippen LogP contribution < -0.4 is 5.73 Å². The Morgan fingerprint density at radius 3 is 2.88 bits per heavy atom. The number of aryl methyl sites for hydroxylation is 1. The van der Waals surface area contributed by atoms with Crippen molar-refractivity contribution >= 4 is 11.6 Å². The number of imidazole rings is 1. The van der Waals surface area contributed by atoms with E-state index in [4.69, 9.17) is 17.3 Å². The molecule has 0 aliphatic carbocycles. The summed E-state index contributed by atoms with van der Waals surface area (Å²) in [5, 5.41) is 0.700. The molecule has 0 amide bonds. The van der Waals surface area contributed by atoms with Crippen LogP contribution in [0.25, 0.3) is 5.69 Å². The third-order valence-electron chi connectivity index (χ3n) is 2.49. The zero-order valence-corrected chi connectivity index (χ0v) is 10.1. The molecule has 0 aliphatic heterocycles. The smallest absolute Gasteiger partial charge is 0.0995 e. The molecule has 2 rings (SSSR count). The molecule has 0 bridgehead atoms. The van der Waals surface area contributed by atoms with Crippen LogP contribution in [-0.2, 0) is 0 Å². The minimum atomic E-state index is -0.0703. The summed E-state index contributed by atoms with van der Waals surface area (Å²) in [5.74, 6) is 0. The van der Waals surface area contributed by atoms with Crippen LogP contribution in [0, 0.1) is 6.92 Å². The van der Waals surface area contributed by atoms with Crippen molar-refractivity contribution in [3.8, 4) is 5.69 Å². The van der Waals surface area contributed by atoms with Crippen LogP contribution in [0.15, 0.2) is 30.7 Å². The molecule has 4 heteroatoms. The second kappa shape index (κ2) is 4.28. The van der Waals surface area contributed by atoms with Crippen LogP contribution in [-0.4, -0.2) is 9.55 Å². The Balaban J connectivity index is 2.58. The fraction of sp³-hybridized carbons (Fsp3) is 0.250. The topological polar surface area (TPSA) is 43.8 Å². The van der Waals surface area contributed by atoms with E-state index in [0.29, 0.717) is 5.02 Å². The molecule has 0 fully saturated rings. The standard InChI is InChI=1S/C12H14ClN3/c1-8-3-4-10(13)11(5-8)16-7-15-6-12(16)9(2)14/h3-7,9H,14H2,1-2H3/t9-/m0/s1. The predicted molar refractivity (Wildman–Crippen MR) is 65.9 cm³/mol. The Bertz CT molecular complexity index is 503. The number of nitrogens with zero attached hydrogens (tertiary/aromatic N) is 2. The fourth-order valence-corrected chi connectivity index (χ4v) is 1.86. The van der Waals surface area contributed by atoms with Crippen molar-refractivity contribution in [3.63, 3.8) is 0 Å². The fourth-order valence-electron chi connectivity index (χ4n) is 1.65. The first-order valence-electron chi connectivity index (χ1n) is 5.14. The number of rotatable bonds is 2. The van der Waals surface area contributed by atoms with Crippen LogP contribution in [0.3, 0.4) is 0 Å². The first-order valence-corrected chi connectivity index (χ1v) is 5.51. The summed E-state index contributed by atoms with van der Waals surface area (Å²) in [6, 6.07) is 5.82. The Morgan fingerprint density at radius 1 is 1.44 bits per heavy atom. The van der Waals surface area contributed by atoms with Crippen molar-refractivity contribution in [1.29, 1.82) is 0 Å². The molecule has 0 radical (unpaired) electrons. The van der Waals surface area contributed by atoms with E-state index in [1.165, 1.54) is 0 Å². The van der Waals surface area contributed by atoms with Crippen molar-refractivity contribution in [1.82, 2.24) is 9.55 Å². The maximum atomic E-state index is 6.17. The highest BCUT2D eigenvalue weighted by Gasteiger charge is 2.10. The maximum Gasteiger partial charge on any atom is 0.0995 e. The van der Waals surface area contributed by atoms with E-state index < -0.39 is 0 Å². The van der Waals surface area contributed by atoms with Crippen molar-refractivity contribution in [2.45, 2.75) is 19.9 Å². The molecule has 3 nitrogen and oxygen atoms in total. The molecule has 0 saturated carbocycles. The number of hydrogen-bond acceptors (Lipinski definition) is 2. The molecule has 2 N–H and O–H groups in total. The average molecular weight is 236 g/mol. The summed E-state index contributed by atoms with van der Waals surface area (Å²) in [7, 11) is 0. The van der Waals surface area contributed by atoms with Gasteiger partial charge in [0.05, 0.1) is 28.9 Å². The number of nitrogens with two attached hydrogens (primary N) is 1. The Kier molecular flexibility index (Phi) is 2.99. The molecule has 2 aromatic rings. The zero-order valence-electron chi connectivity index (χ0n) is 9.31. The molecule has 0 spiro atoms. The van der Waals surface area contributed by atoms with E-state index in [1.807, 2.05) is 36.6 Å². The van der Waals surface area contributed by atoms with Crippen LogP contribution in [0.2, 0.25) is 5.02 Å². The Labute approximate surface area is 99.9 Å². The number of benzene rings is 1. The van der Waals surface area contributed by atoms with Gasteiger partial charge in [0.15, 0.2) is 0 Å². The monoisotopic (exact) mass is 235 g/mol. The lowest BCUT2D eigenvalue weighted by Crippen LogP contribution is -2.10.